The molecule has 0 bridgehead atoms. The molecule has 118 valence electrons. The molecule has 2 aromatic heterocycles. The van der Waals surface area contributed by atoms with Crippen LogP contribution in [0.25, 0.3) is 0 Å². The number of aryl methyl sites for hydroxylation is 1. The zero-order valence-electron chi connectivity index (χ0n) is 12.9. The quantitative estimate of drug-likeness (QED) is 0.819. The fraction of sp³-hybridized carbons (Fsp3) is 0.400. The average molecular weight is 303 g/mol. The van der Waals surface area contributed by atoms with Crippen LogP contribution in [0.5, 0.6) is 0 Å². The molecule has 1 amide bonds. The number of amides is 1. The van der Waals surface area contributed by atoms with E-state index in [1.165, 1.54) is 4.68 Å². The Morgan fingerprint density at radius 2 is 2.32 bits per heavy atom. The minimum atomic E-state index is -0.0595. The standard InChI is InChI=1S/C15H21N5O2/c1-12-8-14(16)20(18-12)11-15(21)19(6-7-22-2)10-13-4-3-5-17-9-13/h3-5,8-9H,6-7,10-11,16H2,1-2H3. The van der Waals surface area contributed by atoms with Crippen LogP contribution in [0.2, 0.25) is 0 Å². The van der Waals surface area contributed by atoms with Crippen LogP contribution < -0.4 is 5.73 Å². The minimum Gasteiger partial charge on any atom is -0.384 e. The molecule has 0 spiro atoms. The number of carbonyl (C=O) groups is 1. The summed E-state index contributed by atoms with van der Waals surface area (Å²) in [5.74, 6) is 0.426. The summed E-state index contributed by atoms with van der Waals surface area (Å²) >= 11 is 0. The van der Waals surface area contributed by atoms with E-state index in [4.69, 9.17) is 10.5 Å². The highest BCUT2D eigenvalue weighted by atomic mass is 16.5. The second-order valence-corrected chi connectivity index (χ2v) is 5.04. The van der Waals surface area contributed by atoms with E-state index in [-0.39, 0.29) is 12.5 Å². The van der Waals surface area contributed by atoms with Gasteiger partial charge in [-0.25, -0.2) is 4.68 Å². The Hall–Kier alpha value is -2.41. The van der Waals surface area contributed by atoms with Gasteiger partial charge in [-0.2, -0.15) is 5.10 Å². The maximum atomic E-state index is 12.5. The SMILES string of the molecule is COCCN(Cc1cccnc1)C(=O)Cn1nc(C)cc1N. The van der Waals surface area contributed by atoms with Gasteiger partial charge in [-0.1, -0.05) is 6.07 Å². The number of pyridine rings is 1. The van der Waals surface area contributed by atoms with Gasteiger partial charge in [0.25, 0.3) is 0 Å². The van der Waals surface area contributed by atoms with Crippen molar-refractivity contribution in [1.29, 1.82) is 0 Å². The number of nitrogens with zero attached hydrogens (tertiary/aromatic N) is 4. The number of hydrogen-bond acceptors (Lipinski definition) is 5. The number of ether oxygens (including phenoxy) is 1. The first-order valence-corrected chi connectivity index (χ1v) is 7.05. The molecule has 7 nitrogen and oxygen atoms in total. The van der Waals surface area contributed by atoms with E-state index in [0.717, 1.165) is 11.3 Å². The van der Waals surface area contributed by atoms with Gasteiger partial charge in [-0.15, -0.1) is 0 Å². The Morgan fingerprint density at radius 1 is 1.50 bits per heavy atom. The van der Waals surface area contributed by atoms with Crippen LogP contribution in [0.3, 0.4) is 0 Å². The lowest BCUT2D eigenvalue weighted by atomic mass is 10.2. The van der Waals surface area contributed by atoms with Crippen molar-refractivity contribution in [1.82, 2.24) is 19.7 Å². The average Bonchev–Trinajstić information content (AvgIpc) is 2.82. The molecule has 2 aromatic rings. The summed E-state index contributed by atoms with van der Waals surface area (Å²) in [6.07, 6.45) is 3.46. The number of carbonyl (C=O) groups excluding carboxylic acids is 1. The van der Waals surface area contributed by atoms with Crippen LogP contribution in [0.15, 0.2) is 30.6 Å². The third-order valence-corrected chi connectivity index (χ3v) is 3.23. The van der Waals surface area contributed by atoms with Gasteiger partial charge in [-0.3, -0.25) is 9.78 Å². The number of nitrogen functional groups attached to an aromatic ring is 1. The van der Waals surface area contributed by atoms with E-state index in [1.54, 1.807) is 30.5 Å². The van der Waals surface area contributed by atoms with Crippen molar-refractivity contribution in [3.8, 4) is 0 Å². The lowest BCUT2D eigenvalue weighted by Gasteiger charge is -2.22. The van der Waals surface area contributed by atoms with Crippen LogP contribution in [0.4, 0.5) is 5.82 Å². The second kappa shape index (κ2) is 7.56. The van der Waals surface area contributed by atoms with Gasteiger partial charge in [0.15, 0.2) is 0 Å². The molecule has 0 aliphatic heterocycles. The smallest absolute Gasteiger partial charge is 0.244 e. The molecule has 0 aromatic carbocycles. The predicted molar refractivity (Wildman–Crippen MR) is 82.9 cm³/mol. The van der Waals surface area contributed by atoms with Crippen molar-refractivity contribution < 1.29 is 9.53 Å². The van der Waals surface area contributed by atoms with Crippen molar-refractivity contribution in [3.05, 3.63) is 41.9 Å². The Balaban J connectivity index is 2.07. The molecule has 2 N–H and O–H groups in total. The first-order valence-electron chi connectivity index (χ1n) is 7.05. The van der Waals surface area contributed by atoms with Crippen molar-refractivity contribution in [2.75, 3.05) is 26.0 Å². The maximum absolute atomic E-state index is 12.5. The summed E-state index contributed by atoms with van der Waals surface area (Å²) in [7, 11) is 1.61. The summed E-state index contributed by atoms with van der Waals surface area (Å²) in [5, 5.41) is 4.22. The second-order valence-electron chi connectivity index (χ2n) is 5.04. The monoisotopic (exact) mass is 303 g/mol. The van der Waals surface area contributed by atoms with E-state index < -0.39 is 0 Å². The normalized spacial score (nSPS) is 10.6. The van der Waals surface area contributed by atoms with E-state index in [9.17, 15) is 4.79 Å². The lowest BCUT2D eigenvalue weighted by molar-refractivity contribution is -0.133. The molecular weight excluding hydrogens is 282 g/mol. The molecular formula is C15H21N5O2. The van der Waals surface area contributed by atoms with Crippen LogP contribution in [0.1, 0.15) is 11.3 Å². The largest absolute Gasteiger partial charge is 0.384 e. The zero-order chi connectivity index (χ0) is 15.9. The molecule has 0 fully saturated rings. The molecule has 0 aliphatic carbocycles. The van der Waals surface area contributed by atoms with Crippen LogP contribution in [-0.4, -0.2) is 45.8 Å². The lowest BCUT2D eigenvalue weighted by Crippen LogP contribution is -2.36. The maximum Gasteiger partial charge on any atom is 0.244 e. The van der Waals surface area contributed by atoms with Crippen molar-refractivity contribution in [2.45, 2.75) is 20.0 Å². The molecule has 22 heavy (non-hydrogen) atoms. The number of aromatic nitrogens is 3. The summed E-state index contributed by atoms with van der Waals surface area (Å²) in [4.78, 5) is 18.3. The van der Waals surface area contributed by atoms with Crippen LogP contribution >= 0.6 is 0 Å². The molecule has 0 atom stereocenters. The Bertz CT molecular complexity index is 612. The summed E-state index contributed by atoms with van der Waals surface area (Å²) < 4.78 is 6.60. The Kier molecular flexibility index (Phi) is 5.48. The summed E-state index contributed by atoms with van der Waals surface area (Å²) in [6, 6.07) is 5.53. The molecule has 0 saturated heterocycles. The highest BCUT2D eigenvalue weighted by Crippen LogP contribution is 2.08. The van der Waals surface area contributed by atoms with Crippen molar-refractivity contribution in [2.24, 2.45) is 0 Å². The number of methoxy groups -OCH3 is 1. The van der Waals surface area contributed by atoms with Gasteiger partial charge < -0.3 is 15.4 Å². The number of hydrogen-bond donors (Lipinski definition) is 1. The third-order valence-electron chi connectivity index (χ3n) is 3.23. The molecule has 0 aliphatic rings. The number of anilines is 1. The first kappa shape index (κ1) is 16.0. The van der Waals surface area contributed by atoms with Gasteiger partial charge in [-0.05, 0) is 18.6 Å². The van der Waals surface area contributed by atoms with E-state index in [0.29, 0.717) is 25.5 Å². The summed E-state index contributed by atoms with van der Waals surface area (Å²) in [6.45, 7) is 3.42. The molecule has 2 heterocycles. The highest BCUT2D eigenvalue weighted by molar-refractivity contribution is 5.76. The predicted octanol–water partition coefficient (Wildman–Crippen LogP) is 0.844. The number of nitrogens with two attached hydrogens (primary N) is 1. The van der Waals surface area contributed by atoms with Gasteiger partial charge in [0.05, 0.1) is 12.3 Å². The summed E-state index contributed by atoms with van der Waals surface area (Å²) in [5.41, 5.74) is 7.60. The topological polar surface area (TPSA) is 86.3 Å². The zero-order valence-corrected chi connectivity index (χ0v) is 12.9. The van der Waals surface area contributed by atoms with Gasteiger partial charge in [0.2, 0.25) is 5.91 Å². The molecule has 0 unspecified atom stereocenters. The van der Waals surface area contributed by atoms with E-state index in [1.807, 2.05) is 19.1 Å². The van der Waals surface area contributed by atoms with Gasteiger partial charge in [0.1, 0.15) is 12.4 Å². The minimum absolute atomic E-state index is 0.0595. The van der Waals surface area contributed by atoms with Crippen molar-refractivity contribution in [3.63, 3.8) is 0 Å². The molecule has 0 radical (unpaired) electrons. The molecule has 0 saturated carbocycles. The van der Waals surface area contributed by atoms with Crippen LogP contribution in [-0.2, 0) is 22.6 Å². The Morgan fingerprint density at radius 3 is 2.91 bits per heavy atom. The highest BCUT2D eigenvalue weighted by Gasteiger charge is 2.16. The Labute approximate surface area is 129 Å². The number of rotatable bonds is 7. The third kappa shape index (κ3) is 4.29. The van der Waals surface area contributed by atoms with Gasteiger partial charge in [0, 0.05) is 38.7 Å². The molecule has 7 heteroatoms. The first-order chi connectivity index (χ1) is 10.6. The van der Waals surface area contributed by atoms with Crippen molar-refractivity contribution >= 4 is 11.7 Å². The fourth-order valence-electron chi connectivity index (χ4n) is 2.13. The van der Waals surface area contributed by atoms with Gasteiger partial charge >= 0.3 is 0 Å². The fourth-order valence-corrected chi connectivity index (χ4v) is 2.13. The van der Waals surface area contributed by atoms with E-state index in [2.05, 4.69) is 10.1 Å². The molecule has 2 rings (SSSR count). The van der Waals surface area contributed by atoms with E-state index >= 15 is 0 Å². The van der Waals surface area contributed by atoms with Crippen LogP contribution in [0, 0.1) is 6.92 Å².